The average Bonchev–Trinajstić information content (AvgIpc) is 2.31. The van der Waals surface area contributed by atoms with Crippen molar-refractivity contribution in [3.63, 3.8) is 0 Å². The van der Waals surface area contributed by atoms with Crippen molar-refractivity contribution in [3.05, 3.63) is 29.8 Å². The molecule has 1 aromatic rings. The van der Waals surface area contributed by atoms with Crippen LogP contribution in [0.2, 0.25) is 0 Å². The molecule has 2 nitrogen and oxygen atoms in total. The van der Waals surface area contributed by atoms with Gasteiger partial charge in [-0.05, 0) is 44.7 Å². The highest BCUT2D eigenvalue weighted by Crippen LogP contribution is 2.18. The lowest BCUT2D eigenvalue weighted by Crippen LogP contribution is -2.15. The van der Waals surface area contributed by atoms with Crippen molar-refractivity contribution in [1.29, 1.82) is 0 Å². The number of hydrazone groups is 1. The Morgan fingerprint density at radius 2 is 1.62 bits per heavy atom. The van der Waals surface area contributed by atoms with Crippen LogP contribution in [0.4, 0.5) is 5.69 Å². The summed E-state index contributed by atoms with van der Waals surface area (Å²) in [6.45, 7) is 2.11. The van der Waals surface area contributed by atoms with Crippen LogP contribution in [0.15, 0.2) is 29.4 Å². The molecule has 1 fully saturated rings. The van der Waals surface area contributed by atoms with Crippen molar-refractivity contribution in [3.8, 4) is 0 Å². The van der Waals surface area contributed by atoms with E-state index < -0.39 is 0 Å². The van der Waals surface area contributed by atoms with Gasteiger partial charge in [-0.2, -0.15) is 5.10 Å². The number of aryl methyl sites for hydroxylation is 1. The molecule has 1 aromatic carbocycles. The molecule has 0 spiro atoms. The van der Waals surface area contributed by atoms with Gasteiger partial charge in [-0.25, -0.2) is 0 Å². The molecule has 0 N–H and O–H groups in total. The minimum Gasteiger partial charge on any atom is -0.269 e. The Hall–Kier alpha value is -1.31. The van der Waals surface area contributed by atoms with E-state index in [0.29, 0.717) is 0 Å². The van der Waals surface area contributed by atoms with Crippen molar-refractivity contribution in [2.45, 2.75) is 39.0 Å². The number of benzene rings is 1. The molecule has 0 saturated heterocycles. The van der Waals surface area contributed by atoms with Crippen molar-refractivity contribution >= 4 is 11.4 Å². The third-order valence-electron chi connectivity index (χ3n) is 3.13. The summed E-state index contributed by atoms with van der Waals surface area (Å²) in [4.78, 5) is 0. The monoisotopic (exact) mass is 216 g/mol. The van der Waals surface area contributed by atoms with E-state index in [0.717, 1.165) is 0 Å². The molecule has 0 amide bonds. The van der Waals surface area contributed by atoms with Gasteiger partial charge in [-0.15, -0.1) is 0 Å². The van der Waals surface area contributed by atoms with Gasteiger partial charge in [0.15, 0.2) is 0 Å². The van der Waals surface area contributed by atoms with E-state index in [1.807, 2.05) is 12.1 Å². The Labute approximate surface area is 98.0 Å². The first-order valence-electron chi connectivity index (χ1n) is 6.12. The molecule has 1 saturated carbocycles. The molecule has 1 aliphatic rings. The molecule has 0 unspecified atom stereocenters. The molecular formula is C14H20N2. The normalized spacial score (nSPS) is 16.0. The minimum atomic E-state index is 1.17. The summed E-state index contributed by atoms with van der Waals surface area (Å²) in [5.74, 6) is 0. The van der Waals surface area contributed by atoms with Gasteiger partial charge in [0.05, 0.1) is 5.69 Å². The second-order valence-electron chi connectivity index (χ2n) is 4.59. The third-order valence-corrected chi connectivity index (χ3v) is 3.13. The summed E-state index contributed by atoms with van der Waals surface area (Å²) in [6, 6.07) is 8.52. The zero-order chi connectivity index (χ0) is 11.4. The van der Waals surface area contributed by atoms with Crippen LogP contribution in [0.3, 0.4) is 0 Å². The molecule has 0 bridgehead atoms. The fraction of sp³-hybridized carbons (Fsp3) is 0.500. The number of anilines is 1. The number of nitrogens with zero attached hydrogens (tertiary/aromatic N) is 2. The van der Waals surface area contributed by atoms with Crippen molar-refractivity contribution in [1.82, 2.24) is 0 Å². The average molecular weight is 216 g/mol. The quantitative estimate of drug-likeness (QED) is 0.687. The van der Waals surface area contributed by atoms with Gasteiger partial charge in [-0.3, -0.25) is 5.01 Å². The van der Waals surface area contributed by atoms with E-state index in [1.54, 1.807) is 0 Å². The third kappa shape index (κ3) is 2.84. The first-order chi connectivity index (χ1) is 7.75. The molecule has 2 rings (SSSR count). The van der Waals surface area contributed by atoms with Crippen molar-refractivity contribution in [2.75, 3.05) is 12.1 Å². The Morgan fingerprint density at radius 3 is 2.25 bits per heavy atom. The lowest BCUT2D eigenvalue weighted by Gasteiger charge is -2.18. The predicted molar refractivity (Wildman–Crippen MR) is 70.1 cm³/mol. The molecule has 2 heteroatoms. The van der Waals surface area contributed by atoms with Crippen LogP contribution in [-0.4, -0.2) is 12.8 Å². The highest BCUT2D eigenvalue weighted by molar-refractivity contribution is 5.85. The van der Waals surface area contributed by atoms with E-state index >= 15 is 0 Å². The second kappa shape index (κ2) is 5.15. The smallest absolute Gasteiger partial charge is 0.0590 e. The SMILES string of the molecule is Cc1ccc(N(C)N=C2CCCCC2)cc1. The highest BCUT2D eigenvalue weighted by atomic mass is 15.4. The summed E-state index contributed by atoms with van der Waals surface area (Å²) >= 11 is 0. The van der Waals surface area contributed by atoms with Gasteiger partial charge in [0.2, 0.25) is 0 Å². The summed E-state index contributed by atoms with van der Waals surface area (Å²) in [7, 11) is 2.03. The van der Waals surface area contributed by atoms with E-state index in [-0.39, 0.29) is 0 Å². The van der Waals surface area contributed by atoms with Crippen LogP contribution < -0.4 is 5.01 Å². The molecule has 0 heterocycles. The van der Waals surface area contributed by atoms with Gasteiger partial charge < -0.3 is 0 Å². The molecule has 16 heavy (non-hydrogen) atoms. The summed E-state index contributed by atoms with van der Waals surface area (Å²) in [5, 5.41) is 6.69. The zero-order valence-corrected chi connectivity index (χ0v) is 10.2. The van der Waals surface area contributed by atoms with Gasteiger partial charge >= 0.3 is 0 Å². The van der Waals surface area contributed by atoms with Crippen LogP contribution in [0.1, 0.15) is 37.7 Å². The van der Waals surface area contributed by atoms with Crippen molar-refractivity contribution < 1.29 is 0 Å². The molecule has 0 atom stereocenters. The van der Waals surface area contributed by atoms with Crippen molar-refractivity contribution in [2.24, 2.45) is 5.10 Å². The van der Waals surface area contributed by atoms with Gasteiger partial charge in [-0.1, -0.05) is 24.1 Å². The largest absolute Gasteiger partial charge is 0.269 e. The molecule has 0 radical (unpaired) electrons. The standard InChI is InChI=1S/C14H20N2/c1-12-8-10-14(11-9-12)16(2)15-13-6-4-3-5-7-13/h8-11H,3-7H2,1-2H3. The molecular weight excluding hydrogens is 196 g/mol. The maximum Gasteiger partial charge on any atom is 0.0590 e. The lowest BCUT2D eigenvalue weighted by atomic mass is 9.99. The fourth-order valence-electron chi connectivity index (χ4n) is 2.09. The van der Waals surface area contributed by atoms with Gasteiger partial charge in [0.25, 0.3) is 0 Å². The van der Waals surface area contributed by atoms with Crippen LogP contribution >= 0.6 is 0 Å². The van der Waals surface area contributed by atoms with Crippen LogP contribution in [0.25, 0.3) is 0 Å². The Kier molecular flexibility index (Phi) is 3.60. The number of hydrogen-bond donors (Lipinski definition) is 0. The first-order valence-corrected chi connectivity index (χ1v) is 6.12. The zero-order valence-electron chi connectivity index (χ0n) is 10.2. The second-order valence-corrected chi connectivity index (χ2v) is 4.59. The Morgan fingerprint density at radius 1 is 1.00 bits per heavy atom. The summed E-state index contributed by atoms with van der Waals surface area (Å²) in [5.41, 5.74) is 3.82. The maximum atomic E-state index is 4.69. The van der Waals surface area contributed by atoms with E-state index in [4.69, 9.17) is 0 Å². The molecule has 0 aliphatic heterocycles. The minimum absolute atomic E-state index is 1.17. The summed E-state index contributed by atoms with van der Waals surface area (Å²) in [6.07, 6.45) is 6.33. The number of rotatable bonds is 2. The van der Waals surface area contributed by atoms with E-state index in [2.05, 4.69) is 36.3 Å². The predicted octanol–water partition coefficient (Wildman–Crippen LogP) is 3.75. The van der Waals surface area contributed by atoms with Crippen LogP contribution in [-0.2, 0) is 0 Å². The molecule has 1 aliphatic carbocycles. The van der Waals surface area contributed by atoms with Crippen LogP contribution in [0, 0.1) is 6.92 Å². The van der Waals surface area contributed by atoms with E-state index in [1.165, 1.54) is 49.1 Å². The topological polar surface area (TPSA) is 15.6 Å². The highest BCUT2D eigenvalue weighted by Gasteiger charge is 2.08. The lowest BCUT2D eigenvalue weighted by molar-refractivity contribution is 0.662. The number of hydrogen-bond acceptors (Lipinski definition) is 2. The van der Waals surface area contributed by atoms with Gasteiger partial charge in [0.1, 0.15) is 0 Å². The van der Waals surface area contributed by atoms with Crippen LogP contribution in [0.5, 0.6) is 0 Å². The first kappa shape index (κ1) is 11.2. The fourth-order valence-corrected chi connectivity index (χ4v) is 2.09. The molecule has 0 aromatic heterocycles. The van der Waals surface area contributed by atoms with Gasteiger partial charge in [0, 0.05) is 12.8 Å². The Bertz CT molecular complexity index is 357. The summed E-state index contributed by atoms with van der Waals surface area (Å²) < 4.78 is 0. The molecule has 86 valence electrons. The van der Waals surface area contributed by atoms with E-state index in [9.17, 15) is 0 Å². The Balaban J connectivity index is 2.06. The maximum absolute atomic E-state index is 4.69.